The second-order valence-electron chi connectivity index (χ2n) is 8.52. The lowest BCUT2D eigenvalue weighted by Crippen LogP contribution is -2.39. The first-order valence-electron chi connectivity index (χ1n) is 10.2. The van der Waals surface area contributed by atoms with Crippen molar-refractivity contribution >= 4 is 27.5 Å². The molecule has 0 aromatic heterocycles. The summed E-state index contributed by atoms with van der Waals surface area (Å²) in [5, 5.41) is 2.78. The number of nitrogens with zero attached hydrogens (tertiary/aromatic N) is 2. The highest BCUT2D eigenvalue weighted by atomic mass is 32.2. The van der Waals surface area contributed by atoms with Gasteiger partial charge in [-0.25, -0.2) is 8.42 Å². The highest BCUT2D eigenvalue weighted by Crippen LogP contribution is 2.41. The second kappa shape index (κ2) is 8.43. The van der Waals surface area contributed by atoms with Crippen molar-refractivity contribution in [3.8, 4) is 0 Å². The van der Waals surface area contributed by atoms with Crippen molar-refractivity contribution in [2.45, 2.75) is 37.5 Å². The minimum atomic E-state index is -3.88. The number of fused-ring (bicyclic) bond motifs is 1. The zero-order valence-electron chi connectivity index (χ0n) is 18.6. The molecule has 0 saturated carbocycles. The molecule has 0 fully saturated rings. The molecule has 2 aromatic rings. The predicted octanol–water partition coefficient (Wildman–Crippen LogP) is 2.23. The van der Waals surface area contributed by atoms with Gasteiger partial charge in [0, 0.05) is 26.3 Å². The monoisotopic (exact) mass is 443 g/mol. The van der Waals surface area contributed by atoms with Crippen molar-refractivity contribution < 1.29 is 18.0 Å². The van der Waals surface area contributed by atoms with Gasteiger partial charge < -0.3 is 10.2 Å². The van der Waals surface area contributed by atoms with Crippen molar-refractivity contribution in [3.63, 3.8) is 0 Å². The molecule has 0 atom stereocenters. The Morgan fingerprint density at radius 2 is 1.87 bits per heavy atom. The van der Waals surface area contributed by atoms with E-state index in [2.05, 4.69) is 11.4 Å². The van der Waals surface area contributed by atoms with E-state index in [4.69, 9.17) is 0 Å². The normalized spacial score (nSPS) is 15.3. The Morgan fingerprint density at radius 3 is 2.55 bits per heavy atom. The van der Waals surface area contributed by atoms with Crippen molar-refractivity contribution in [3.05, 3.63) is 59.2 Å². The summed E-state index contributed by atoms with van der Waals surface area (Å²) >= 11 is 0. The summed E-state index contributed by atoms with van der Waals surface area (Å²) in [6.07, 6.45) is 0.672. The highest BCUT2D eigenvalue weighted by Gasteiger charge is 2.43. The van der Waals surface area contributed by atoms with Crippen molar-refractivity contribution in [2.75, 3.05) is 32.1 Å². The Balaban J connectivity index is 1.66. The van der Waals surface area contributed by atoms with Crippen LogP contribution < -0.4 is 10.2 Å². The number of nitrogens with one attached hydrogen (secondary N) is 1. The average Bonchev–Trinajstić information content (AvgIpc) is 2.88. The first-order valence-corrected chi connectivity index (χ1v) is 11.6. The summed E-state index contributed by atoms with van der Waals surface area (Å²) in [5.41, 5.74) is 2.82. The van der Waals surface area contributed by atoms with Gasteiger partial charge in [0.25, 0.3) is 0 Å². The summed E-state index contributed by atoms with van der Waals surface area (Å²) < 4.78 is 27.1. The molecule has 1 heterocycles. The molecule has 0 aliphatic carbocycles. The summed E-state index contributed by atoms with van der Waals surface area (Å²) in [6, 6.07) is 12.7. The molecule has 3 rings (SSSR count). The van der Waals surface area contributed by atoms with E-state index in [9.17, 15) is 18.0 Å². The van der Waals surface area contributed by atoms with Crippen LogP contribution in [0.5, 0.6) is 0 Å². The highest BCUT2D eigenvalue weighted by molar-refractivity contribution is 7.89. The fourth-order valence-electron chi connectivity index (χ4n) is 3.85. The molecule has 8 heteroatoms. The maximum atomic E-state index is 13.0. The third-order valence-electron chi connectivity index (χ3n) is 5.73. The number of aryl methyl sites for hydroxylation is 1. The van der Waals surface area contributed by atoms with Gasteiger partial charge >= 0.3 is 0 Å². The van der Waals surface area contributed by atoms with Gasteiger partial charge in [-0.15, -0.1) is 0 Å². The number of rotatable bonds is 7. The summed E-state index contributed by atoms with van der Waals surface area (Å²) in [4.78, 5) is 26.4. The molecule has 2 amide bonds. The van der Waals surface area contributed by atoms with E-state index in [0.29, 0.717) is 24.2 Å². The van der Waals surface area contributed by atoms with Gasteiger partial charge in [-0.3, -0.25) is 9.59 Å². The zero-order valence-corrected chi connectivity index (χ0v) is 19.4. The Labute approximate surface area is 184 Å². The molecular weight excluding hydrogens is 414 g/mol. The molecule has 0 saturated heterocycles. The van der Waals surface area contributed by atoms with Gasteiger partial charge in [0.15, 0.2) is 0 Å². The standard InChI is InChI=1S/C23H29N3O4S/c1-16-7-6-8-17(13-16)11-12-24-21(27)15-25(4)31(29,30)18-9-10-20-19(14-18)23(2,3)22(28)26(20)5/h6-10,13-14H,11-12,15H2,1-5H3,(H,24,27). The summed E-state index contributed by atoms with van der Waals surface area (Å²) in [7, 11) is -0.823. The topological polar surface area (TPSA) is 86.8 Å². The molecule has 2 aromatic carbocycles. The maximum absolute atomic E-state index is 13.0. The predicted molar refractivity (Wildman–Crippen MR) is 121 cm³/mol. The molecule has 7 nitrogen and oxygen atoms in total. The van der Waals surface area contributed by atoms with Gasteiger partial charge in [0.1, 0.15) is 0 Å². The number of sulfonamides is 1. The van der Waals surface area contributed by atoms with E-state index in [-0.39, 0.29) is 23.3 Å². The number of hydrogen-bond donors (Lipinski definition) is 1. The number of anilines is 1. The fourth-order valence-corrected chi connectivity index (χ4v) is 5.00. The molecule has 1 N–H and O–H groups in total. The van der Waals surface area contributed by atoms with E-state index < -0.39 is 15.4 Å². The summed E-state index contributed by atoms with van der Waals surface area (Å²) in [6.45, 7) is 5.71. The Hall–Kier alpha value is -2.71. The second-order valence-corrected chi connectivity index (χ2v) is 10.6. The minimum Gasteiger partial charge on any atom is -0.355 e. The Kier molecular flexibility index (Phi) is 6.25. The van der Waals surface area contributed by atoms with Gasteiger partial charge in [-0.2, -0.15) is 4.31 Å². The zero-order chi connectivity index (χ0) is 23.0. The lowest BCUT2D eigenvalue weighted by atomic mass is 9.86. The molecule has 166 valence electrons. The third-order valence-corrected chi connectivity index (χ3v) is 7.53. The molecule has 0 spiro atoms. The molecule has 31 heavy (non-hydrogen) atoms. The number of amides is 2. The van der Waals surface area contributed by atoms with E-state index in [1.54, 1.807) is 27.0 Å². The molecule has 0 radical (unpaired) electrons. The minimum absolute atomic E-state index is 0.0671. The van der Waals surface area contributed by atoms with Gasteiger partial charge in [-0.05, 0) is 56.5 Å². The van der Waals surface area contributed by atoms with Gasteiger partial charge in [-0.1, -0.05) is 29.8 Å². The lowest BCUT2D eigenvalue weighted by Gasteiger charge is -2.19. The van der Waals surface area contributed by atoms with Crippen LogP contribution in [-0.2, 0) is 31.4 Å². The number of hydrogen-bond acceptors (Lipinski definition) is 4. The third kappa shape index (κ3) is 4.50. The van der Waals surface area contributed by atoms with Crippen LogP contribution in [-0.4, -0.2) is 51.7 Å². The smallest absolute Gasteiger partial charge is 0.243 e. The first-order chi connectivity index (χ1) is 14.4. The Morgan fingerprint density at radius 1 is 1.16 bits per heavy atom. The largest absolute Gasteiger partial charge is 0.355 e. The summed E-state index contributed by atoms with van der Waals surface area (Å²) in [5.74, 6) is -0.450. The molecule has 0 bridgehead atoms. The molecule has 1 aliphatic rings. The van der Waals surface area contributed by atoms with E-state index in [1.807, 2.05) is 25.1 Å². The molecule has 1 aliphatic heterocycles. The fraction of sp³-hybridized carbons (Fsp3) is 0.391. The van der Waals surface area contributed by atoms with Gasteiger partial charge in [0.2, 0.25) is 21.8 Å². The van der Waals surface area contributed by atoms with Crippen LogP contribution in [0.3, 0.4) is 0 Å². The van der Waals surface area contributed by atoms with Gasteiger partial charge in [0.05, 0.1) is 16.9 Å². The van der Waals surface area contributed by atoms with Crippen LogP contribution in [0.4, 0.5) is 5.69 Å². The quantitative estimate of drug-likeness (QED) is 0.711. The maximum Gasteiger partial charge on any atom is 0.243 e. The number of benzene rings is 2. The van der Waals surface area contributed by atoms with Crippen LogP contribution in [0.2, 0.25) is 0 Å². The van der Waals surface area contributed by atoms with Crippen LogP contribution >= 0.6 is 0 Å². The van der Waals surface area contributed by atoms with E-state index in [0.717, 1.165) is 15.4 Å². The van der Waals surface area contributed by atoms with Crippen LogP contribution in [0.1, 0.15) is 30.5 Å². The van der Waals surface area contributed by atoms with Crippen LogP contribution in [0.15, 0.2) is 47.4 Å². The van der Waals surface area contributed by atoms with Crippen LogP contribution in [0, 0.1) is 6.92 Å². The molecular formula is C23H29N3O4S. The lowest BCUT2D eigenvalue weighted by molar-refractivity contribution is -0.122. The Bertz CT molecular complexity index is 1130. The SMILES string of the molecule is Cc1cccc(CCNC(=O)CN(C)S(=O)(=O)c2ccc3c(c2)C(C)(C)C(=O)N3C)c1. The molecule has 0 unspecified atom stereocenters. The number of likely N-dealkylation sites (N-methyl/N-ethyl adjacent to an activating group) is 2. The van der Waals surface area contributed by atoms with Crippen LogP contribution in [0.25, 0.3) is 0 Å². The van der Waals surface area contributed by atoms with Crippen molar-refractivity contribution in [1.29, 1.82) is 0 Å². The number of carbonyl (C=O) groups is 2. The number of carbonyl (C=O) groups excluding carboxylic acids is 2. The van der Waals surface area contributed by atoms with Crippen molar-refractivity contribution in [2.24, 2.45) is 0 Å². The van der Waals surface area contributed by atoms with E-state index in [1.165, 1.54) is 24.1 Å². The first kappa shape index (κ1) is 23.0. The average molecular weight is 444 g/mol. The van der Waals surface area contributed by atoms with E-state index >= 15 is 0 Å². The van der Waals surface area contributed by atoms with Crippen molar-refractivity contribution in [1.82, 2.24) is 9.62 Å².